The van der Waals surface area contributed by atoms with Gasteiger partial charge in [0.15, 0.2) is 11.6 Å². The van der Waals surface area contributed by atoms with E-state index in [-0.39, 0.29) is 11.9 Å². The lowest BCUT2D eigenvalue weighted by Crippen LogP contribution is -2.40. The van der Waals surface area contributed by atoms with Gasteiger partial charge in [-0.1, -0.05) is 41.9 Å². The molecule has 1 atom stereocenters. The zero-order valence-corrected chi connectivity index (χ0v) is 20.0. The fraction of sp³-hybridized carbons (Fsp3) is 0.370. The molecule has 2 aliphatic rings. The number of pyridine rings is 1. The average molecular weight is 482 g/mol. The van der Waals surface area contributed by atoms with E-state index in [0.717, 1.165) is 56.8 Å². The Balaban J connectivity index is 1.20. The molecule has 1 N–H and O–H groups in total. The van der Waals surface area contributed by atoms with Gasteiger partial charge in [0.05, 0.1) is 17.8 Å². The lowest BCUT2D eigenvalue weighted by molar-refractivity contribution is 0.163. The van der Waals surface area contributed by atoms with Gasteiger partial charge in [-0.3, -0.25) is 0 Å². The SMILES string of the molecule is COc1ccc(OC2CCN(c3nc4c(cc3Cl)CC(Cc3ccccc3)NC4)CC2)c(F)c1. The normalized spacial score (nSPS) is 18.4. The van der Waals surface area contributed by atoms with Crippen LogP contribution in [0.25, 0.3) is 0 Å². The minimum absolute atomic E-state index is 0.0454. The Hall–Kier alpha value is -2.83. The first-order valence-corrected chi connectivity index (χ1v) is 12.2. The van der Waals surface area contributed by atoms with E-state index >= 15 is 0 Å². The molecule has 1 aromatic heterocycles. The van der Waals surface area contributed by atoms with Crippen LogP contribution >= 0.6 is 11.6 Å². The first-order chi connectivity index (χ1) is 16.6. The number of hydrogen-bond acceptors (Lipinski definition) is 5. The molecular weight excluding hydrogens is 453 g/mol. The summed E-state index contributed by atoms with van der Waals surface area (Å²) in [5.41, 5.74) is 3.63. The van der Waals surface area contributed by atoms with Crippen LogP contribution in [0.5, 0.6) is 11.5 Å². The third-order valence-electron chi connectivity index (χ3n) is 6.65. The Bertz CT molecular complexity index is 1140. The van der Waals surface area contributed by atoms with Gasteiger partial charge in [0.1, 0.15) is 17.7 Å². The van der Waals surface area contributed by atoms with E-state index in [2.05, 4.69) is 40.5 Å². The van der Waals surface area contributed by atoms with Crippen molar-refractivity contribution in [2.24, 2.45) is 0 Å². The van der Waals surface area contributed by atoms with Gasteiger partial charge in [0.25, 0.3) is 0 Å². The Morgan fingerprint density at radius 1 is 1.12 bits per heavy atom. The van der Waals surface area contributed by atoms with E-state index in [1.807, 2.05) is 6.07 Å². The number of methoxy groups -OCH3 is 1. The number of rotatable bonds is 6. The summed E-state index contributed by atoms with van der Waals surface area (Å²) >= 11 is 6.70. The summed E-state index contributed by atoms with van der Waals surface area (Å²) in [7, 11) is 1.52. The fourth-order valence-electron chi connectivity index (χ4n) is 4.80. The standard InChI is InChI=1S/C27H29ClFN3O2/c1-33-22-7-8-26(24(29)16-22)34-21-9-11-32(12-10-21)27-23(28)15-19-14-20(30-17-25(19)31-27)13-18-5-3-2-4-6-18/h2-8,15-16,20-21,30H,9-14,17H2,1H3. The summed E-state index contributed by atoms with van der Waals surface area (Å²) in [6.07, 6.45) is 3.41. The highest BCUT2D eigenvalue weighted by atomic mass is 35.5. The summed E-state index contributed by atoms with van der Waals surface area (Å²) in [4.78, 5) is 7.15. The maximum atomic E-state index is 14.2. The molecule has 0 spiro atoms. The largest absolute Gasteiger partial charge is 0.497 e. The van der Waals surface area contributed by atoms with Crippen molar-refractivity contribution >= 4 is 17.4 Å². The van der Waals surface area contributed by atoms with Crippen molar-refractivity contribution in [2.75, 3.05) is 25.1 Å². The zero-order valence-electron chi connectivity index (χ0n) is 19.3. The van der Waals surface area contributed by atoms with Crippen LogP contribution < -0.4 is 19.7 Å². The molecule has 2 aromatic carbocycles. The molecule has 0 bridgehead atoms. The monoisotopic (exact) mass is 481 g/mol. The zero-order chi connectivity index (χ0) is 23.5. The molecule has 1 fully saturated rings. The number of fused-ring (bicyclic) bond motifs is 1. The fourth-order valence-corrected chi connectivity index (χ4v) is 5.09. The molecule has 34 heavy (non-hydrogen) atoms. The maximum Gasteiger partial charge on any atom is 0.168 e. The summed E-state index contributed by atoms with van der Waals surface area (Å²) < 4.78 is 25.2. The van der Waals surface area contributed by atoms with Crippen LogP contribution in [0.2, 0.25) is 5.02 Å². The van der Waals surface area contributed by atoms with Gasteiger partial charge in [-0.25, -0.2) is 9.37 Å². The van der Waals surface area contributed by atoms with Gasteiger partial charge in [-0.15, -0.1) is 0 Å². The lowest BCUT2D eigenvalue weighted by atomic mass is 9.94. The molecule has 0 radical (unpaired) electrons. The van der Waals surface area contributed by atoms with E-state index in [1.54, 1.807) is 12.1 Å². The smallest absolute Gasteiger partial charge is 0.168 e. The molecule has 2 aliphatic heterocycles. The quantitative estimate of drug-likeness (QED) is 0.525. The van der Waals surface area contributed by atoms with Crippen LogP contribution in [0, 0.1) is 5.82 Å². The van der Waals surface area contributed by atoms with E-state index < -0.39 is 5.82 Å². The number of nitrogens with zero attached hydrogens (tertiary/aromatic N) is 2. The molecule has 1 unspecified atom stereocenters. The number of aromatic nitrogens is 1. The second-order valence-electron chi connectivity index (χ2n) is 8.97. The van der Waals surface area contributed by atoms with E-state index in [0.29, 0.717) is 16.8 Å². The van der Waals surface area contributed by atoms with Crippen LogP contribution in [0.1, 0.15) is 29.7 Å². The Labute approximate surface area is 204 Å². The first kappa shape index (κ1) is 22.9. The van der Waals surface area contributed by atoms with Gasteiger partial charge in [0.2, 0.25) is 0 Å². The van der Waals surface area contributed by atoms with Gasteiger partial charge >= 0.3 is 0 Å². The molecule has 178 valence electrons. The maximum absolute atomic E-state index is 14.2. The first-order valence-electron chi connectivity index (χ1n) is 11.8. The minimum atomic E-state index is -0.403. The number of piperidine rings is 1. The van der Waals surface area contributed by atoms with Crippen LogP contribution in [-0.2, 0) is 19.4 Å². The van der Waals surface area contributed by atoms with E-state index in [9.17, 15) is 4.39 Å². The molecule has 7 heteroatoms. The molecule has 3 heterocycles. The molecule has 5 nitrogen and oxygen atoms in total. The number of nitrogens with one attached hydrogen (secondary N) is 1. The van der Waals surface area contributed by atoms with E-state index in [4.69, 9.17) is 26.1 Å². The highest BCUT2D eigenvalue weighted by Gasteiger charge is 2.26. The van der Waals surface area contributed by atoms with Crippen LogP contribution in [0.15, 0.2) is 54.6 Å². The number of benzene rings is 2. The second-order valence-corrected chi connectivity index (χ2v) is 9.38. The van der Waals surface area contributed by atoms with E-state index in [1.165, 1.54) is 24.3 Å². The summed E-state index contributed by atoms with van der Waals surface area (Å²) in [6, 6.07) is 17.7. The summed E-state index contributed by atoms with van der Waals surface area (Å²) in [5.74, 6) is 1.17. The number of anilines is 1. The predicted molar refractivity (Wildman–Crippen MR) is 133 cm³/mol. The molecule has 0 aliphatic carbocycles. The molecule has 1 saturated heterocycles. The van der Waals surface area contributed by atoms with Crippen molar-refractivity contribution in [3.8, 4) is 11.5 Å². The number of ether oxygens (including phenoxy) is 2. The van der Waals surface area contributed by atoms with Crippen LogP contribution in [0.4, 0.5) is 10.2 Å². The predicted octanol–water partition coefficient (Wildman–Crippen LogP) is 5.19. The van der Waals surface area contributed by atoms with Crippen molar-refractivity contribution in [1.82, 2.24) is 10.3 Å². The van der Waals surface area contributed by atoms with Crippen molar-refractivity contribution in [1.29, 1.82) is 0 Å². The van der Waals surface area contributed by atoms with Crippen LogP contribution in [-0.4, -0.2) is 37.3 Å². The van der Waals surface area contributed by atoms with Crippen molar-refractivity contribution < 1.29 is 13.9 Å². The van der Waals surface area contributed by atoms with Gasteiger partial charge in [-0.05, 0) is 42.2 Å². The summed E-state index contributed by atoms with van der Waals surface area (Å²) in [6.45, 7) is 2.27. The van der Waals surface area contributed by atoms with Gasteiger partial charge in [-0.2, -0.15) is 0 Å². The molecular formula is C27H29ClFN3O2. The van der Waals surface area contributed by atoms with Crippen molar-refractivity contribution in [2.45, 2.75) is 44.4 Å². The number of halogens is 2. The minimum Gasteiger partial charge on any atom is -0.497 e. The van der Waals surface area contributed by atoms with Crippen molar-refractivity contribution in [3.63, 3.8) is 0 Å². The third-order valence-corrected chi connectivity index (χ3v) is 6.93. The third kappa shape index (κ3) is 5.13. The Kier molecular flexibility index (Phi) is 6.88. The average Bonchev–Trinajstić information content (AvgIpc) is 2.86. The Morgan fingerprint density at radius 3 is 2.65 bits per heavy atom. The van der Waals surface area contributed by atoms with Crippen molar-refractivity contribution in [3.05, 3.63) is 82.3 Å². The topological polar surface area (TPSA) is 46.6 Å². The highest BCUT2D eigenvalue weighted by Crippen LogP contribution is 2.32. The highest BCUT2D eigenvalue weighted by molar-refractivity contribution is 6.33. The van der Waals surface area contributed by atoms with Gasteiger partial charge in [0, 0.05) is 44.6 Å². The lowest BCUT2D eigenvalue weighted by Gasteiger charge is -2.34. The van der Waals surface area contributed by atoms with Gasteiger partial charge < -0.3 is 19.7 Å². The van der Waals surface area contributed by atoms with Crippen LogP contribution in [0.3, 0.4) is 0 Å². The molecule has 5 rings (SSSR count). The molecule has 3 aromatic rings. The number of hydrogen-bond donors (Lipinski definition) is 1. The molecule has 0 amide bonds. The summed E-state index contributed by atoms with van der Waals surface area (Å²) in [5, 5.41) is 4.33. The molecule has 0 saturated carbocycles. The second kappa shape index (κ2) is 10.2. The Morgan fingerprint density at radius 2 is 1.91 bits per heavy atom.